The van der Waals surface area contributed by atoms with Crippen LogP contribution >= 0.6 is 0 Å². The summed E-state index contributed by atoms with van der Waals surface area (Å²) in [5, 5.41) is 5.04. The van der Waals surface area contributed by atoms with Crippen LogP contribution in [-0.4, -0.2) is 0 Å². The van der Waals surface area contributed by atoms with Gasteiger partial charge in [0.15, 0.2) is 0 Å². The number of hydrogen-bond donors (Lipinski definition) is 0. The van der Waals surface area contributed by atoms with E-state index in [1.54, 1.807) is 0 Å². The van der Waals surface area contributed by atoms with Crippen molar-refractivity contribution >= 4 is 38.6 Å². The van der Waals surface area contributed by atoms with Crippen molar-refractivity contribution in [1.29, 1.82) is 0 Å². The van der Waals surface area contributed by atoms with Crippen LogP contribution in [-0.2, 0) is 5.41 Å². The van der Waals surface area contributed by atoms with Crippen molar-refractivity contribution < 1.29 is 0 Å². The first-order valence-electron chi connectivity index (χ1n) is 18.8. The lowest BCUT2D eigenvalue weighted by molar-refractivity contribution is 0.660. The molecule has 1 nitrogen and oxygen atoms in total. The molecule has 0 fully saturated rings. The van der Waals surface area contributed by atoms with Gasteiger partial charge in [-0.1, -0.05) is 166 Å². The molecule has 0 unspecified atom stereocenters. The standard InChI is InChI=1S/C53H39N/c1-53(2)50-26-14-25-46(45-24-13-20-36-17-11-12-23-44(36)45)52(50)47-32-31-43(35-51(47)53)54(41-21-7-4-8-22-41)42-29-27-38(28-30-42)49-34-40-19-10-9-18-39(40)33-48(49)37-15-5-3-6-16-37/h3-35H,1-2H3. The fraction of sp³-hybridized carbons (Fsp3) is 0.0566. The second-order valence-corrected chi connectivity index (χ2v) is 14.9. The van der Waals surface area contributed by atoms with Gasteiger partial charge in [-0.3, -0.25) is 0 Å². The fourth-order valence-corrected chi connectivity index (χ4v) is 8.75. The maximum absolute atomic E-state index is 2.43. The molecule has 0 bridgehead atoms. The van der Waals surface area contributed by atoms with E-state index in [9.17, 15) is 0 Å². The van der Waals surface area contributed by atoms with Gasteiger partial charge in [-0.25, -0.2) is 0 Å². The molecule has 0 saturated carbocycles. The summed E-state index contributed by atoms with van der Waals surface area (Å²) in [6, 6.07) is 73.3. The summed E-state index contributed by atoms with van der Waals surface area (Å²) in [5.74, 6) is 0. The first-order valence-corrected chi connectivity index (χ1v) is 18.8. The zero-order valence-electron chi connectivity index (χ0n) is 30.5. The number of hydrogen-bond acceptors (Lipinski definition) is 1. The number of benzene rings is 9. The van der Waals surface area contributed by atoms with Crippen molar-refractivity contribution in [1.82, 2.24) is 0 Å². The molecule has 0 saturated heterocycles. The molecule has 0 aliphatic heterocycles. The number of rotatable bonds is 6. The molecule has 54 heavy (non-hydrogen) atoms. The number of anilines is 3. The maximum Gasteiger partial charge on any atom is 0.0465 e. The van der Waals surface area contributed by atoms with E-state index in [0.717, 1.165) is 17.1 Å². The van der Waals surface area contributed by atoms with Gasteiger partial charge >= 0.3 is 0 Å². The molecule has 0 heterocycles. The summed E-state index contributed by atoms with van der Waals surface area (Å²) in [6.07, 6.45) is 0. The van der Waals surface area contributed by atoms with Crippen LogP contribution in [0, 0.1) is 0 Å². The summed E-state index contributed by atoms with van der Waals surface area (Å²) in [6.45, 7) is 4.76. The molecule has 0 atom stereocenters. The zero-order chi connectivity index (χ0) is 36.2. The van der Waals surface area contributed by atoms with Crippen LogP contribution in [0.15, 0.2) is 200 Å². The van der Waals surface area contributed by atoms with E-state index in [1.165, 1.54) is 77.2 Å². The highest BCUT2D eigenvalue weighted by Crippen LogP contribution is 2.54. The van der Waals surface area contributed by atoms with Crippen LogP contribution in [0.1, 0.15) is 25.0 Å². The van der Waals surface area contributed by atoms with Crippen molar-refractivity contribution in [2.75, 3.05) is 4.90 Å². The molecule has 9 aromatic rings. The molecule has 1 aliphatic carbocycles. The Labute approximate surface area is 317 Å². The smallest absolute Gasteiger partial charge is 0.0465 e. The van der Waals surface area contributed by atoms with E-state index in [0.29, 0.717) is 0 Å². The fourth-order valence-electron chi connectivity index (χ4n) is 8.75. The molecule has 0 radical (unpaired) electrons. The van der Waals surface area contributed by atoms with Crippen LogP contribution in [0.5, 0.6) is 0 Å². The molecule has 9 aromatic carbocycles. The van der Waals surface area contributed by atoms with Crippen molar-refractivity contribution in [2.45, 2.75) is 19.3 Å². The Morgan fingerprint density at radius 3 is 1.59 bits per heavy atom. The Kier molecular flexibility index (Phi) is 7.56. The minimum atomic E-state index is -0.169. The maximum atomic E-state index is 2.43. The molecule has 10 rings (SSSR count). The highest BCUT2D eigenvalue weighted by Gasteiger charge is 2.37. The Hall–Kier alpha value is -6.70. The van der Waals surface area contributed by atoms with Crippen molar-refractivity contribution in [3.8, 4) is 44.5 Å². The molecule has 256 valence electrons. The minimum absolute atomic E-state index is 0.169. The van der Waals surface area contributed by atoms with Gasteiger partial charge in [0.2, 0.25) is 0 Å². The highest BCUT2D eigenvalue weighted by atomic mass is 15.1. The van der Waals surface area contributed by atoms with E-state index in [4.69, 9.17) is 0 Å². The van der Waals surface area contributed by atoms with E-state index >= 15 is 0 Å². The SMILES string of the molecule is CC1(C)c2cc(N(c3ccccc3)c3ccc(-c4cc5ccccc5cc4-c4ccccc4)cc3)ccc2-c2c(-c3cccc4ccccc34)cccc21. The van der Waals surface area contributed by atoms with E-state index < -0.39 is 0 Å². The number of para-hydroxylation sites is 1. The molecular weight excluding hydrogens is 651 g/mol. The third-order valence-corrected chi connectivity index (χ3v) is 11.4. The summed E-state index contributed by atoms with van der Waals surface area (Å²) >= 11 is 0. The van der Waals surface area contributed by atoms with Gasteiger partial charge < -0.3 is 4.90 Å². The number of fused-ring (bicyclic) bond motifs is 5. The third kappa shape index (κ3) is 5.24. The van der Waals surface area contributed by atoms with Gasteiger partial charge in [0.1, 0.15) is 0 Å². The predicted molar refractivity (Wildman–Crippen MR) is 230 cm³/mol. The van der Waals surface area contributed by atoms with Gasteiger partial charge in [0, 0.05) is 22.5 Å². The van der Waals surface area contributed by atoms with Gasteiger partial charge in [-0.2, -0.15) is 0 Å². The van der Waals surface area contributed by atoms with Crippen LogP contribution in [0.3, 0.4) is 0 Å². The van der Waals surface area contributed by atoms with Crippen molar-refractivity contribution in [3.05, 3.63) is 211 Å². The Morgan fingerprint density at radius 1 is 0.333 bits per heavy atom. The normalized spacial score (nSPS) is 12.8. The predicted octanol–water partition coefficient (Wildman–Crippen LogP) is 14.8. The second-order valence-electron chi connectivity index (χ2n) is 14.9. The second kappa shape index (κ2) is 12.8. The zero-order valence-corrected chi connectivity index (χ0v) is 30.5. The summed E-state index contributed by atoms with van der Waals surface area (Å²) in [4.78, 5) is 2.40. The molecular formula is C53H39N. The lowest BCUT2D eigenvalue weighted by atomic mass is 9.81. The molecule has 0 spiro atoms. The van der Waals surface area contributed by atoms with Crippen LogP contribution in [0.2, 0.25) is 0 Å². The minimum Gasteiger partial charge on any atom is -0.310 e. The molecule has 1 aliphatic rings. The Morgan fingerprint density at radius 2 is 0.870 bits per heavy atom. The quantitative estimate of drug-likeness (QED) is 0.168. The first-order chi connectivity index (χ1) is 26.5. The van der Waals surface area contributed by atoms with Crippen LogP contribution in [0.25, 0.3) is 66.1 Å². The van der Waals surface area contributed by atoms with E-state index in [2.05, 4.69) is 219 Å². The third-order valence-electron chi connectivity index (χ3n) is 11.4. The average Bonchev–Trinajstić information content (AvgIpc) is 3.46. The molecule has 1 heteroatoms. The number of nitrogens with zero attached hydrogens (tertiary/aromatic N) is 1. The van der Waals surface area contributed by atoms with Crippen LogP contribution in [0.4, 0.5) is 17.1 Å². The summed E-state index contributed by atoms with van der Waals surface area (Å²) in [5.41, 5.74) is 16.1. The Balaban J connectivity index is 1.09. The average molecular weight is 690 g/mol. The topological polar surface area (TPSA) is 3.24 Å². The highest BCUT2D eigenvalue weighted by molar-refractivity contribution is 6.03. The lowest BCUT2D eigenvalue weighted by Gasteiger charge is -2.28. The molecule has 0 aromatic heterocycles. The van der Waals surface area contributed by atoms with Crippen molar-refractivity contribution in [2.24, 2.45) is 0 Å². The Bertz CT molecular complexity index is 2830. The largest absolute Gasteiger partial charge is 0.310 e. The summed E-state index contributed by atoms with van der Waals surface area (Å²) < 4.78 is 0. The molecule has 0 N–H and O–H groups in total. The first kappa shape index (κ1) is 32.0. The van der Waals surface area contributed by atoms with Crippen molar-refractivity contribution in [3.63, 3.8) is 0 Å². The van der Waals surface area contributed by atoms with Gasteiger partial charge in [0.25, 0.3) is 0 Å². The van der Waals surface area contributed by atoms with E-state index in [1.807, 2.05) is 0 Å². The summed E-state index contributed by atoms with van der Waals surface area (Å²) in [7, 11) is 0. The molecule has 0 amide bonds. The van der Waals surface area contributed by atoms with Crippen LogP contribution < -0.4 is 4.90 Å². The van der Waals surface area contributed by atoms with Gasteiger partial charge in [-0.15, -0.1) is 0 Å². The van der Waals surface area contributed by atoms with E-state index in [-0.39, 0.29) is 5.41 Å². The lowest BCUT2D eigenvalue weighted by Crippen LogP contribution is -2.16. The van der Waals surface area contributed by atoms with Gasteiger partial charge in [-0.05, 0) is 126 Å². The monoisotopic (exact) mass is 689 g/mol. The van der Waals surface area contributed by atoms with Gasteiger partial charge in [0.05, 0.1) is 0 Å².